The molecule has 2 N–H and O–H groups in total. The fourth-order valence-corrected chi connectivity index (χ4v) is 2.69. The second-order valence-electron chi connectivity index (χ2n) is 5.29. The lowest BCUT2D eigenvalue weighted by Gasteiger charge is -2.25. The normalized spacial score (nSPS) is 16.7. The van der Waals surface area contributed by atoms with Crippen molar-refractivity contribution >= 4 is 5.91 Å². The van der Waals surface area contributed by atoms with Gasteiger partial charge in [-0.15, -0.1) is 0 Å². The number of amides is 1. The molecule has 0 unspecified atom stereocenters. The van der Waals surface area contributed by atoms with Crippen LogP contribution in [0.3, 0.4) is 0 Å². The third-order valence-corrected chi connectivity index (χ3v) is 3.80. The number of hydrogen-bond acceptors (Lipinski definition) is 5. The molecule has 0 fully saturated rings. The predicted octanol–water partition coefficient (Wildman–Crippen LogP) is 1.48. The van der Waals surface area contributed by atoms with Crippen molar-refractivity contribution in [2.45, 2.75) is 25.3 Å². The molecule has 2 aromatic rings. The van der Waals surface area contributed by atoms with Crippen LogP contribution in [0.4, 0.5) is 0 Å². The molecule has 22 heavy (non-hydrogen) atoms. The predicted molar refractivity (Wildman–Crippen MR) is 80.0 cm³/mol. The maximum atomic E-state index is 12.3. The zero-order valence-corrected chi connectivity index (χ0v) is 12.2. The fraction of sp³-hybridized carbons (Fsp3) is 0.312. The van der Waals surface area contributed by atoms with E-state index in [1.165, 1.54) is 13.3 Å². The molecule has 114 valence electrons. The standard InChI is InChI=1S/C16H17N3O3/c1-22-16-17-7-6-14(19-16)15(21)18-12-4-2-11-9-13(20)5-3-10(11)8-12/h3,5-7,9,12,20H,2,4,8H2,1H3,(H,18,21)/t12-/m0/s1. The molecule has 6 heteroatoms. The first kappa shape index (κ1) is 14.3. The number of ether oxygens (including phenoxy) is 1. The van der Waals surface area contributed by atoms with E-state index in [4.69, 9.17) is 4.74 Å². The van der Waals surface area contributed by atoms with Crippen molar-refractivity contribution in [3.63, 3.8) is 0 Å². The first-order valence-electron chi connectivity index (χ1n) is 7.14. The highest BCUT2D eigenvalue weighted by Gasteiger charge is 2.21. The third-order valence-electron chi connectivity index (χ3n) is 3.80. The smallest absolute Gasteiger partial charge is 0.316 e. The summed E-state index contributed by atoms with van der Waals surface area (Å²) in [5.74, 6) is 0.0576. The van der Waals surface area contributed by atoms with E-state index >= 15 is 0 Å². The topological polar surface area (TPSA) is 84.3 Å². The van der Waals surface area contributed by atoms with Crippen molar-refractivity contribution in [3.05, 3.63) is 47.3 Å². The number of rotatable bonds is 3. The summed E-state index contributed by atoms with van der Waals surface area (Å²) in [7, 11) is 1.46. The maximum absolute atomic E-state index is 12.3. The SMILES string of the molecule is COc1nccc(C(=O)N[C@H]2CCc3cc(O)ccc3C2)n1. The molecule has 0 aliphatic heterocycles. The Morgan fingerprint density at radius 3 is 3.05 bits per heavy atom. The van der Waals surface area contributed by atoms with Gasteiger partial charge in [0.25, 0.3) is 5.91 Å². The number of phenolic OH excluding ortho intramolecular Hbond substituents is 1. The lowest BCUT2D eigenvalue weighted by Crippen LogP contribution is -2.39. The van der Waals surface area contributed by atoms with Crippen LogP contribution in [0, 0.1) is 0 Å². The summed E-state index contributed by atoms with van der Waals surface area (Å²) in [6.07, 6.45) is 3.93. The number of carbonyl (C=O) groups is 1. The molecule has 0 saturated carbocycles. The zero-order chi connectivity index (χ0) is 15.5. The summed E-state index contributed by atoms with van der Waals surface area (Å²) in [6, 6.07) is 7.19. The van der Waals surface area contributed by atoms with Crippen LogP contribution >= 0.6 is 0 Å². The highest BCUT2D eigenvalue weighted by Crippen LogP contribution is 2.25. The van der Waals surface area contributed by atoms with Crippen molar-refractivity contribution < 1.29 is 14.6 Å². The number of phenols is 1. The van der Waals surface area contributed by atoms with Crippen molar-refractivity contribution in [2.24, 2.45) is 0 Å². The van der Waals surface area contributed by atoms with Crippen molar-refractivity contribution in [2.75, 3.05) is 7.11 Å². The number of carbonyl (C=O) groups excluding carboxylic acids is 1. The molecule has 1 aliphatic rings. The van der Waals surface area contributed by atoms with Gasteiger partial charge in [-0.3, -0.25) is 4.79 Å². The molecule has 0 bridgehead atoms. The monoisotopic (exact) mass is 299 g/mol. The average molecular weight is 299 g/mol. The summed E-state index contributed by atoms with van der Waals surface area (Å²) in [5, 5.41) is 12.5. The maximum Gasteiger partial charge on any atom is 0.316 e. The summed E-state index contributed by atoms with van der Waals surface area (Å²) in [6.45, 7) is 0. The largest absolute Gasteiger partial charge is 0.508 e. The Hall–Kier alpha value is -2.63. The number of fused-ring (bicyclic) bond motifs is 1. The molecule has 6 nitrogen and oxygen atoms in total. The summed E-state index contributed by atoms with van der Waals surface area (Å²) >= 11 is 0. The Morgan fingerprint density at radius 1 is 1.36 bits per heavy atom. The molecular weight excluding hydrogens is 282 g/mol. The summed E-state index contributed by atoms with van der Waals surface area (Å²) in [4.78, 5) is 20.2. The van der Waals surface area contributed by atoms with Gasteiger partial charge in [0.15, 0.2) is 0 Å². The second kappa shape index (κ2) is 6.01. The van der Waals surface area contributed by atoms with E-state index in [-0.39, 0.29) is 23.7 Å². The van der Waals surface area contributed by atoms with Gasteiger partial charge < -0.3 is 15.2 Å². The molecule has 0 spiro atoms. The molecule has 1 amide bonds. The van der Waals surface area contributed by atoms with Crippen molar-refractivity contribution in [3.8, 4) is 11.8 Å². The van der Waals surface area contributed by atoms with E-state index in [2.05, 4.69) is 15.3 Å². The first-order chi connectivity index (χ1) is 10.7. The van der Waals surface area contributed by atoms with Gasteiger partial charge in [0, 0.05) is 12.2 Å². The van der Waals surface area contributed by atoms with Gasteiger partial charge in [0.1, 0.15) is 11.4 Å². The van der Waals surface area contributed by atoms with Gasteiger partial charge in [0.05, 0.1) is 7.11 Å². The number of aromatic nitrogens is 2. The number of nitrogens with zero attached hydrogens (tertiary/aromatic N) is 2. The van der Waals surface area contributed by atoms with Gasteiger partial charge in [-0.05, 0) is 48.6 Å². The quantitative estimate of drug-likeness (QED) is 0.896. The lowest BCUT2D eigenvalue weighted by molar-refractivity contribution is 0.0927. The summed E-state index contributed by atoms with van der Waals surface area (Å²) in [5.41, 5.74) is 2.60. The van der Waals surface area contributed by atoms with E-state index in [0.29, 0.717) is 5.69 Å². The molecule has 0 saturated heterocycles. The van der Waals surface area contributed by atoms with Crippen LogP contribution in [0.1, 0.15) is 28.0 Å². The van der Waals surface area contributed by atoms with Crippen molar-refractivity contribution in [1.29, 1.82) is 0 Å². The lowest BCUT2D eigenvalue weighted by atomic mass is 9.88. The molecular formula is C16H17N3O3. The number of methoxy groups -OCH3 is 1. The molecule has 1 atom stereocenters. The van der Waals surface area contributed by atoms with Crippen LogP contribution < -0.4 is 10.1 Å². The van der Waals surface area contributed by atoms with Gasteiger partial charge >= 0.3 is 6.01 Å². The van der Waals surface area contributed by atoms with E-state index in [0.717, 1.165) is 30.4 Å². The Kier molecular flexibility index (Phi) is 3.91. The minimum Gasteiger partial charge on any atom is -0.508 e. The van der Waals surface area contributed by atoms with E-state index in [9.17, 15) is 9.90 Å². The second-order valence-corrected chi connectivity index (χ2v) is 5.29. The van der Waals surface area contributed by atoms with Crippen LogP contribution in [0.25, 0.3) is 0 Å². The van der Waals surface area contributed by atoms with E-state index < -0.39 is 0 Å². The van der Waals surface area contributed by atoms with E-state index in [1.807, 2.05) is 6.07 Å². The van der Waals surface area contributed by atoms with E-state index in [1.54, 1.807) is 18.2 Å². The average Bonchev–Trinajstić information content (AvgIpc) is 2.55. The minimum absolute atomic E-state index is 0.0607. The van der Waals surface area contributed by atoms with Crippen molar-refractivity contribution in [1.82, 2.24) is 15.3 Å². The molecule has 1 aromatic heterocycles. The Labute approximate surface area is 128 Å². The molecule has 0 radical (unpaired) electrons. The highest BCUT2D eigenvalue weighted by molar-refractivity contribution is 5.92. The van der Waals surface area contributed by atoms with Gasteiger partial charge in [-0.1, -0.05) is 6.07 Å². The number of aromatic hydroxyl groups is 1. The number of hydrogen-bond donors (Lipinski definition) is 2. The van der Waals surface area contributed by atoms with Crippen LogP contribution in [0.5, 0.6) is 11.8 Å². The number of nitrogens with one attached hydrogen (secondary N) is 1. The number of benzene rings is 1. The number of aryl methyl sites for hydroxylation is 1. The van der Waals surface area contributed by atoms with Crippen LogP contribution in [-0.2, 0) is 12.8 Å². The molecule has 1 aliphatic carbocycles. The molecule has 1 heterocycles. The zero-order valence-electron chi connectivity index (χ0n) is 12.2. The highest BCUT2D eigenvalue weighted by atomic mass is 16.5. The molecule has 3 rings (SSSR count). The Bertz CT molecular complexity index is 703. The van der Waals surface area contributed by atoms with Gasteiger partial charge in [-0.2, -0.15) is 4.98 Å². The van der Waals surface area contributed by atoms with Gasteiger partial charge in [-0.25, -0.2) is 4.98 Å². The first-order valence-corrected chi connectivity index (χ1v) is 7.14. The van der Waals surface area contributed by atoms with Crippen LogP contribution in [-0.4, -0.2) is 34.1 Å². The van der Waals surface area contributed by atoms with Crippen LogP contribution in [0.2, 0.25) is 0 Å². The summed E-state index contributed by atoms with van der Waals surface area (Å²) < 4.78 is 4.93. The minimum atomic E-state index is -0.229. The molecule has 1 aromatic carbocycles. The van der Waals surface area contributed by atoms with Crippen LogP contribution in [0.15, 0.2) is 30.5 Å². The van der Waals surface area contributed by atoms with Gasteiger partial charge in [0.2, 0.25) is 0 Å². The Morgan fingerprint density at radius 2 is 2.23 bits per heavy atom. The third kappa shape index (κ3) is 3.00. The fourth-order valence-electron chi connectivity index (χ4n) is 2.69. The Balaban J connectivity index is 1.69.